The molecule has 95 valence electrons. The first-order chi connectivity index (χ1) is 6.93. The molecule has 6 heteroatoms. The molecule has 0 aromatic carbocycles. The van der Waals surface area contributed by atoms with E-state index in [9.17, 15) is 4.79 Å². The van der Waals surface area contributed by atoms with Crippen LogP contribution in [0.4, 0.5) is 0 Å². The number of hydrogen-bond acceptors (Lipinski definition) is 4. The van der Waals surface area contributed by atoms with Gasteiger partial charge in [0.25, 0.3) is 0 Å². The number of carbonyl (C=O) groups excluding carboxylic acids is 2. The van der Waals surface area contributed by atoms with Crippen molar-refractivity contribution in [2.45, 2.75) is 13.8 Å². The van der Waals surface area contributed by atoms with Crippen LogP contribution in [0, 0.1) is 0 Å². The number of esters is 2. The molecule has 1 radical (unpaired) electrons. The maximum atomic E-state index is 10.9. The molecule has 0 aromatic heterocycles. The zero-order valence-electron chi connectivity index (χ0n) is 9.12. The third-order valence-electron chi connectivity index (χ3n) is 1.25. The molecule has 0 unspecified atom stereocenters. The minimum atomic E-state index is -0.507. The smallest absolute Gasteiger partial charge is 0.512 e. The fourth-order valence-corrected chi connectivity index (χ4v) is 0.624. The van der Waals surface area contributed by atoms with Crippen molar-refractivity contribution in [2.24, 2.45) is 0 Å². The summed E-state index contributed by atoms with van der Waals surface area (Å²) >= 11 is 0. The third-order valence-corrected chi connectivity index (χ3v) is 1.25. The van der Waals surface area contributed by atoms with Crippen LogP contribution in [0.3, 0.4) is 0 Å². The molecular weight excluding hydrogens is 264 g/mol. The number of aliphatic hydroxyl groups excluding tert-OH is 1. The molecule has 0 aromatic rings. The van der Waals surface area contributed by atoms with Gasteiger partial charge in [0.05, 0.1) is 0 Å². The predicted molar refractivity (Wildman–Crippen MR) is 55.1 cm³/mol. The maximum Gasteiger partial charge on any atom is 0.513 e. The van der Waals surface area contributed by atoms with Gasteiger partial charge in [-0.1, -0.05) is 6.58 Å². The molecule has 0 heterocycles. The van der Waals surface area contributed by atoms with Crippen LogP contribution >= 0.6 is 0 Å². The Bertz CT molecular complexity index is 292. The molecule has 0 fully saturated rings. The van der Waals surface area contributed by atoms with Crippen molar-refractivity contribution in [3.63, 3.8) is 0 Å². The second-order valence-corrected chi connectivity index (χ2v) is 2.89. The van der Waals surface area contributed by atoms with Crippen LogP contribution in [0.1, 0.15) is 13.8 Å². The summed E-state index contributed by atoms with van der Waals surface area (Å²) in [5, 5.41) is 8.74. The van der Waals surface area contributed by atoms with Crippen molar-refractivity contribution in [3.05, 3.63) is 24.0 Å². The van der Waals surface area contributed by atoms with Gasteiger partial charge in [-0.2, -0.15) is 0 Å². The van der Waals surface area contributed by atoms with Crippen LogP contribution in [0.15, 0.2) is 24.0 Å². The average molecular weight is 279 g/mol. The monoisotopic (exact) mass is 278 g/mol. The largest absolute Gasteiger partial charge is 0.513 e. The summed E-state index contributed by atoms with van der Waals surface area (Å²) in [6.45, 7) is 6.33. The van der Waals surface area contributed by atoms with E-state index in [-0.39, 0.29) is 36.0 Å². The van der Waals surface area contributed by atoms with E-state index in [2.05, 4.69) is 11.3 Å². The summed E-state index contributed by atoms with van der Waals surface area (Å²) in [5.41, 5.74) is 0.300. The zero-order chi connectivity index (χ0) is 11.8. The summed E-state index contributed by atoms with van der Waals surface area (Å²) < 4.78 is 9.40. The van der Waals surface area contributed by atoms with Gasteiger partial charge in [-0.05, 0) is 13.8 Å². The molecular formula is C10H15CuO5+. The van der Waals surface area contributed by atoms with Crippen LogP contribution in [0.25, 0.3) is 0 Å². The van der Waals surface area contributed by atoms with E-state index in [1.807, 2.05) is 0 Å². The van der Waals surface area contributed by atoms with Gasteiger partial charge in [0.15, 0.2) is 6.61 Å². The number of aliphatic hydroxyl groups is 1. The van der Waals surface area contributed by atoms with Crippen LogP contribution in [0.5, 0.6) is 0 Å². The van der Waals surface area contributed by atoms with Crippen molar-refractivity contribution in [3.8, 4) is 0 Å². The molecule has 0 aliphatic rings. The van der Waals surface area contributed by atoms with Crippen LogP contribution in [0.2, 0.25) is 0 Å². The molecule has 0 atom stereocenters. The number of carbonyl (C=O) groups is 1. The van der Waals surface area contributed by atoms with E-state index < -0.39 is 11.9 Å². The molecule has 0 rings (SSSR count). The molecule has 0 aliphatic carbocycles. The first-order valence-corrected chi connectivity index (χ1v) is 4.32. The fraction of sp³-hybridized carbons (Fsp3) is 0.400. The molecule has 0 spiro atoms. The van der Waals surface area contributed by atoms with Gasteiger partial charge < -0.3 is 19.4 Å². The number of rotatable bonds is 5. The SMILES string of the molecule is C=C(C)C(=O)OCCOC(=[OH+])/C=C(/C)O.[Cu]. The van der Waals surface area contributed by atoms with E-state index in [0.717, 1.165) is 6.08 Å². The van der Waals surface area contributed by atoms with Gasteiger partial charge in [-0.3, -0.25) is 0 Å². The topological polar surface area (TPSA) is 77.2 Å². The van der Waals surface area contributed by atoms with Gasteiger partial charge in [0.2, 0.25) is 6.61 Å². The normalized spacial score (nSPS) is 10.0. The maximum absolute atomic E-state index is 10.9. The second-order valence-electron chi connectivity index (χ2n) is 2.89. The second kappa shape index (κ2) is 9.00. The minimum Gasteiger partial charge on any atom is -0.512 e. The standard InChI is InChI=1S/C10H14O5.Cu/c1-7(2)10(13)15-5-4-14-9(12)6-8(3)11;/h6,11H,1,4-5H2,2-3H3;/p+1/b8-6-;. The first-order valence-electron chi connectivity index (χ1n) is 4.32. The molecule has 0 saturated carbocycles. The Kier molecular flexibility index (Phi) is 9.64. The van der Waals surface area contributed by atoms with Gasteiger partial charge in [-0.15, -0.1) is 0 Å². The van der Waals surface area contributed by atoms with Gasteiger partial charge in [-0.25, -0.2) is 4.79 Å². The van der Waals surface area contributed by atoms with E-state index in [4.69, 9.17) is 14.6 Å². The van der Waals surface area contributed by atoms with Gasteiger partial charge in [0, 0.05) is 22.6 Å². The molecule has 0 saturated heterocycles. The van der Waals surface area contributed by atoms with Crippen molar-refractivity contribution in [2.75, 3.05) is 13.2 Å². The first kappa shape index (κ1) is 17.1. The fourth-order valence-electron chi connectivity index (χ4n) is 0.624. The Morgan fingerprint density at radius 3 is 2.31 bits per heavy atom. The van der Waals surface area contributed by atoms with Crippen molar-refractivity contribution in [1.29, 1.82) is 0 Å². The summed E-state index contributed by atoms with van der Waals surface area (Å²) in [7, 11) is 0. The Morgan fingerprint density at radius 1 is 1.38 bits per heavy atom. The Labute approximate surface area is 105 Å². The van der Waals surface area contributed by atoms with Crippen molar-refractivity contribution in [1.82, 2.24) is 0 Å². The molecule has 0 amide bonds. The van der Waals surface area contributed by atoms with E-state index >= 15 is 0 Å². The van der Waals surface area contributed by atoms with Crippen LogP contribution < -0.4 is 0 Å². The molecule has 5 nitrogen and oxygen atoms in total. The van der Waals surface area contributed by atoms with Crippen LogP contribution in [-0.2, 0) is 31.3 Å². The molecule has 16 heavy (non-hydrogen) atoms. The molecule has 2 N–H and O–H groups in total. The van der Waals surface area contributed by atoms with E-state index in [1.54, 1.807) is 0 Å². The van der Waals surface area contributed by atoms with E-state index in [0.29, 0.717) is 5.57 Å². The summed E-state index contributed by atoms with van der Waals surface area (Å²) in [6.07, 6.45) is 1.04. The number of hydrogen-bond donors (Lipinski definition) is 1. The summed E-state index contributed by atoms with van der Waals surface area (Å²) in [6, 6.07) is 0. The zero-order valence-corrected chi connectivity index (χ0v) is 10.1. The summed E-state index contributed by atoms with van der Waals surface area (Å²) in [5.74, 6) is -1.01. The van der Waals surface area contributed by atoms with Crippen molar-refractivity contribution < 1.29 is 41.2 Å². The quantitative estimate of drug-likeness (QED) is 0.204. The molecule has 0 aliphatic heterocycles. The summed E-state index contributed by atoms with van der Waals surface area (Å²) in [4.78, 5) is 19.9. The minimum absolute atomic E-state index is 0. The Balaban J connectivity index is 0. The van der Waals surface area contributed by atoms with Crippen molar-refractivity contribution >= 4 is 11.9 Å². The van der Waals surface area contributed by atoms with Crippen LogP contribution in [-0.4, -0.2) is 35.1 Å². The number of ether oxygens (including phenoxy) is 2. The number of allylic oxidation sites excluding steroid dienone is 1. The predicted octanol–water partition coefficient (Wildman–Crippen LogP) is 1.08. The molecule has 0 bridgehead atoms. The van der Waals surface area contributed by atoms with Gasteiger partial charge in [0.1, 0.15) is 11.8 Å². The third kappa shape index (κ3) is 9.30. The Morgan fingerprint density at radius 2 is 1.88 bits per heavy atom. The van der Waals surface area contributed by atoms with E-state index in [1.165, 1.54) is 13.8 Å². The Hall–Kier alpha value is -1.26. The average Bonchev–Trinajstić information content (AvgIpc) is 2.10. The van der Waals surface area contributed by atoms with Gasteiger partial charge >= 0.3 is 11.9 Å².